The molecule has 0 amide bonds. The minimum atomic E-state index is -0.415. The van der Waals surface area contributed by atoms with E-state index in [1.165, 1.54) is 6.07 Å². The predicted molar refractivity (Wildman–Crippen MR) is 57.7 cm³/mol. The molecule has 0 aliphatic carbocycles. The van der Waals surface area contributed by atoms with E-state index in [1.807, 2.05) is 22.6 Å². The Morgan fingerprint density at radius 3 is 2.77 bits per heavy atom. The van der Waals surface area contributed by atoms with E-state index in [4.69, 9.17) is 10.8 Å². The summed E-state index contributed by atoms with van der Waals surface area (Å²) in [5.74, 6) is -0.298. The summed E-state index contributed by atoms with van der Waals surface area (Å²) in [4.78, 5) is 0. The molecule has 13 heavy (non-hydrogen) atoms. The highest BCUT2D eigenvalue weighted by atomic mass is 127. The van der Waals surface area contributed by atoms with Crippen molar-refractivity contribution in [3.05, 3.63) is 33.1 Å². The lowest BCUT2D eigenvalue weighted by molar-refractivity contribution is 0.275. The number of aliphatic hydroxyl groups is 1. The molecule has 0 unspecified atom stereocenters. The van der Waals surface area contributed by atoms with E-state index in [2.05, 4.69) is 0 Å². The molecule has 0 fully saturated rings. The number of hydrogen-bond acceptors (Lipinski definition) is 2. The second-order valence-electron chi connectivity index (χ2n) is 2.78. The minimum absolute atomic E-state index is 0.0212. The third-order valence-corrected chi connectivity index (χ3v) is 2.47. The average molecular weight is 295 g/mol. The quantitative estimate of drug-likeness (QED) is 0.836. The largest absolute Gasteiger partial charge is 0.396 e. The molecule has 1 rings (SSSR count). The van der Waals surface area contributed by atoms with E-state index >= 15 is 0 Å². The Morgan fingerprint density at radius 2 is 2.23 bits per heavy atom. The van der Waals surface area contributed by atoms with Crippen LogP contribution in [0.2, 0.25) is 0 Å². The Balaban J connectivity index is 2.88. The van der Waals surface area contributed by atoms with Crippen molar-refractivity contribution < 1.29 is 9.50 Å². The molecule has 0 heterocycles. The molecule has 0 spiro atoms. The van der Waals surface area contributed by atoms with Crippen LogP contribution >= 0.6 is 22.6 Å². The van der Waals surface area contributed by atoms with Gasteiger partial charge in [0.05, 0.1) is 0 Å². The molecule has 2 nitrogen and oxygen atoms in total. The number of halogens is 2. The van der Waals surface area contributed by atoms with E-state index in [0.29, 0.717) is 12.0 Å². The van der Waals surface area contributed by atoms with Gasteiger partial charge in [-0.15, -0.1) is 0 Å². The van der Waals surface area contributed by atoms with Crippen LogP contribution < -0.4 is 5.73 Å². The van der Waals surface area contributed by atoms with Gasteiger partial charge in [0, 0.05) is 21.8 Å². The molecular weight excluding hydrogens is 284 g/mol. The van der Waals surface area contributed by atoms with Gasteiger partial charge in [-0.25, -0.2) is 4.39 Å². The molecule has 72 valence electrons. The van der Waals surface area contributed by atoms with Crippen LogP contribution in [0, 0.1) is 9.39 Å². The maximum Gasteiger partial charge on any atom is 0.129 e. The van der Waals surface area contributed by atoms with Crippen molar-refractivity contribution in [3.63, 3.8) is 0 Å². The summed E-state index contributed by atoms with van der Waals surface area (Å²) in [6.45, 7) is -0.0212. The second-order valence-corrected chi connectivity index (χ2v) is 4.03. The maximum absolute atomic E-state index is 13.3. The number of hydrogen-bond donors (Lipinski definition) is 2. The topological polar surface area (TPSA) is 46.2 Å². The van der Waals surface area contributed by atoms with Crippen molar-refractivity contribution in [1.82, 2.24) is 0 Å². The zero-order valence-corrected chi connectivity index (χ0v) is 9.16. The van der Waals surface area contributed by atoms with Crippen molar-refractivity contribution in [3.8, 4) is 0 Å². The fourth-order valence-corrected chi connectivity index (χ4v) is 1.55. The Hall–Kier alpha value is -0.200. The first-order valence-corrected chi connectivity index (χ1v) is 5.04. The van der Waals surface area contributed by atoms with Crippen LogP contribution in [0.5, 0.6) is 0 Å². The second kappa shape index (κ2) is 4.88. The van der Waals surface area contributed by atoms with Crippen molar-refractivity contribution in [2.24, 2.45) is 5.73 Å². The monoisotopic (exact) mass is 295 g/mol. The average Bonchev–Trinajstić information content (AvgIpc) is 2.04. The van der Waals surface area contributed by atoms with E-state index in [-0.39, 0.29) is 12.4 Å². The Morgan fingerprint density at radius 1 is 1.54 bits per heavy atom. The van der Waals surface area contributed by atoms with Crippen molar-refractivity contribution in [2.45, 2.75) is 12.5 Å². The summed E-state index contributed by atoms with van der Waals surface area (Å²) in [7, 11) is 0. The Bertz CT molecular complexity index is 293. The van der Waals surface area contributed by atoms with Crippen LogP contribution in [0.15, 0.2) is 18.2 Å². The summed E-state index contributed by atoms with van der Waals surface area (Å²) in [5, 5.41) is 8.64. The van der Waals surface area contributed by atoms with Gasteiger partial charge in [-0.05, 0) is 41.1 Å². The number of rotatable bonds is 3. The van der Waals surface area contributed by atoms with E-state index < -0.39 is 6.04 Å². The lowest BCUT2D eigenvalue weighted by Gasteiger charge is -2.11. The van der Waals surface area contributed by atoms with Gasteiger partial charge in [0.25, 0.3) is 0 Å². The normalized spacial score (nSPS) is 12.9. The SMILES string of the molecule is N[C@@H](CCO)c1ccc(I)cc1F. The zero-order chi connectivity index (χ0) is 9.84. The molecule has 0 radical (unpaired) electrons. The molecular formula is C9H11FINO. The molecule has 1 atom stereocenters. The third kappa shape index (κ3) is 2.89. The Kier molecular flexibility index (Phi) is 4.08. The fraction of sp³-hybridized carbons (Fsp3) is 0.333. The first kappa shape index (κ1) is 10.9. The van der Waals surface area contributed by atoms with Crippen LogP contribution in [0.3, 0.4) is 0 Å². The first-order valence-electron chi connectivity index (χ1n) is 3.96. The molecule has 1 aromatic rings. The van der Waals surface area contributed by atoms with Gasteiger partial charge in [-0.1, -0.05) is 6.07 Å². The van der Waals surface area contributed by atoms with Crippen LogP contribution in [0.1, 0.15) is 18.0 Å². The maximum atomic E-state index is 13.3. The zero-order valence-electron chi connectivity index (χ0n) is 7.00. The lowest BCUT2D eigenvalue weighted by Crippen LogP contribution is -2.13. The summed E-state index contributed by atoms with van der Waals surface area (Å²) < 4.78 is 14.1. The van der Waals surface area contributed by atoms with Gasteiger partial charge in [0.1, 0.15) is 5.82 Å². The highest BCUT2D eigenvalue weighted by Crippen LogP contribution is 2.19. The van der Waals surface area contributed by atoms with Crippen LogP contribution in [0.25, 0.3) is 0 Å². The van der Waals surface area contributed by atoms with Gasteiger partial charge in [0.15, 0.2) is 0 Å². The molecule has 4 heteroatoms. The van der Waals surface area contributed by atoms with Crippen molar-refractivity contribution in [1.29, 1.82) is 0 Å². The first-order chi connectivity index (χ1) is 6.15. The van der Waals surface area contributed by atoms with E-state index in [0.717, 1.165) is 3.57 Å². The van der Waals surface area contributed by atoms with Crippen LogP contribution in [0.4, 0.5) is 4.39 Å². The third-order valence-electron chi connectivity index (χ3n) is 1.80. The lowest BCUT2D eigenvalue weighted by atomic mass is 10.0. The van der Waals surface area contributed by atoms with Gasteiger partial charge >= 0.3 is 0 Å². The molecule has 0 bridgehead atoms. The number of benzene rings is 1. The van der Waals surface area contributed by atoms with Gasteiger partial charge < -0.3 is 10.8 Å². The Labute approximate surface area is 90.1 Å². The van der Waals surface area contributed by atoms with Gasteiger partial charge in [-0.2, -0.15) is 0 Å². The summed E-state index contributed by atoms with van der Waals surface area (Å²) in [6.07, 6.45) is 0.386. The van der Waals surface area contributed by atoms with Crippen LogP contribution in [-0.2, 0) is 0 Å². The number of aliphatic hydroxyl groups excluding tert-OH is 1. The summed E-state index contributed by atoms with van der Waals surface area (Å²) in [5.41, 5.74) is 6.12. The van der Waals surface area contributed by atoms with E-state index in [1.54, 1.807) is 12.1 Å². The molecule has 3 N–H and O–H groups in total. The molecule has 0 aromatic heterocycles. The van der Waals surface area contributed by atoms with Crippen LogP contribution in [-0.4, -0.2) is 11.7 Å². The predicted octanol–water partition coefficient (Wildman–Crippen LogP) is 1.81. The standard InChI is InChI=1S/C9H11FINO/c10-8-5-6(11)1-2-7(8)9(12)3-4-13/h1-2,5,9,13H,3-4,12H2/t9-/m0/s1. The molecule has 0 saturated carbocycles. The highest BCUT2D eigenvalue weighted by Gasteiger charge is 2.10. The fourth-order valence-electron chi connectivity index (χ4n) is 1.10. The smallest absolute Gasteiger partial charge is 0.129 e. The summed E-state index contributed by atoms with van der Waals surface area (Å²) in [6, 6.07) is 4.49. The highest BCUT2D eigenvalue weighted by molar-refractivity contribution is 14.1. The molecule has 1 aromatic carbocycles. The number of nitrogens with two attached hydrogens (primary N) is 1. The van der Waals surface area contributed by atoms with Gasteiger partial charge in [-0.3, -0.25) is 0 Å². The molecule has 0 saturated heterocycles. The molecule has 0 aliphatic rings. The van der Waals surface area contributed by atoms with E-state index in [9.17, 15) is 4.39 Å². The molecule has 0 aliphatic heterocycles. The summed E-state index contributed by atoms with van der Waals surface area (Å²) >= 11 is 2.04. The minimum Gasteiger partial charge on any atom is -0.396 e. The van der Waals surface area contributed by atoms with Gasteiger partial charge in [0.2, 0.25) is 0 Å². The van der Waals surface area contributed by atoms with Crippen molar-refractivity contribution in [2.75, 3.05) is 6.61 Å². The van der Waals surface area contributed by atoms with Crippen molar-refractivity contribution >= 4 is 22.6 Å².